The van der Waals surface area contributed by atoms with Gasteiger partial charge in [-0.15, -0.1) is 0 Å². The first-order chi connectivity index (χ1) is 14.3. The van der Waals surface area contributed by atoms with Gasteiger partial charge in [0.2, 0.25) is 5.91 Å². The molecule has 0 unspecified atom stereocenters. The number of carbonyl (C=O) groups excluding carboxylic acids is 1. The number of anilines is 1. The molecule has 1 amide bonds. The predicted octanol–water partition coefficient (Wildman–Crippen LogP) is 5.67. The van der Waals surface area contributed by atoms with Crippen LogP contribution in [0.1, 0.15) is 11.1 Å². The van der Waals surface area contributed by atoms with Gasteiger partial charge in [0.1, 0.15) is 5.82 Å². The zero-order valence-electron chi connectivity index (χ0n) is 15.9. The van der Waals surface area contributed by atoms with E-state index in [4.69, 9.17) is 0 Å². The Hall–Kier alpha value is -3.48. The number of hydrogen-bond acceptors (Lipinski definition) is 2. The maximum Gasteiger partial charge on any atom is 0.416 e. The zero-order valence-corrected chi connectivity index (χ0v) is 15.9. The first kappa shape index (κ1) is 21.2. The normalized spacial score (nSPS) is 11.2. The Morgan fingerprint density at radius 2 is 1.77 bits per heavy atom. The minimum absolute atomic E-state index is 0.0689. The summed E-state index contributed by atoms with van der Waals surface area (Å²) in [6, 6.07) is 12.3. The minimum atomic E-state index is -4.44. The highest BCUT2D eigenvalue weighted by molar-refractivity contribution is 6.01. The molecular weight excluding hydrogens is 396 g/mol. The first-order valence-electron chi connectivity index (χ1n) is 9.09. The Morgan fingerprint density at radius 3 is 2.33 bits per heavy atom. The lowest BCUT2D eigenvalue weighted by Crippen LogP contribution is -2.32. The van der Waals surface area contributed by atoms with Crippen LogP contribution in [-0.4, -0.2) is 17.4 Å². The van der Waals surface area contributed by atoms with E-state index in [0.717, 1.165) is 23.8 Å². The molecule has 0 saturated carbocycles. The lowest BCUT2D eigenvalue weighted by molar-refractivity contribution is -0.137. The summed E-state index contributed by atoms with van der Waals surface area (Å²) in [6.07, 6.45) is 0.434. The highest BCUT2D eigenvalue weighted by atomic mass is 19.4. The molecule has 0 fully saturated rings. The summed E-state index contributed by atoms with van der Waals surface area (Å²) in [6.45, 7) is 3.68. The second-order valence-corrected chi connectivity index (χ2v) is 6.55. The minimum Gasteiger partial charge on any atom is -0.306 e. The van der Waals surface area contributed by atoms with E-state index >= 15 is 0 Å². The first-order valence-corrected chi connectivity index (χ1v) is 9.09. The number of nitrogens with zero attached hydrogens (tertiary/aromatic N) is 2. The van der Waals surface area contributed by atoms with Crippen molar-refractivity contribution >= 4 is 11.6 Å². The van der Waals surface area contributed by atoms with Gasteiger partial charge in [-0.1, -0.05) is 30.8 Å². The number of hydrogen-bond donors (Lipinski definition) is 0. The molecule has 1 aromatic heterocycles. The second-order valence-electron chi connectivity index (χ2n) is 6.55. The van der Waals surface area contributed by atoms with Gasteiger partial charge in [-0.05, 0) is 59.5 Å². The number of halogens is 4. The molecule has 0 bridgehead atoms. The van der Waals surface area contributed by atoms with Crippen molar-refractivity contribution in [2.75, 3.05) is 11.4 Å². The summed E-state index contributed by atoms with van der Waals surface area (Å²) >= 11 is 0. The van der Waals surface area contributed by atoms with Gasteiger partial charge >= 0.3 is 6.18 Å². The van der Waals surface area contributed by atoms with Gasteiger partial charge in [-0.3, -0.25) is 9.78 Å². The number of rotatable bonds is 6. The van der Waals surface area contributed by atoms with Crippen LogP contribution in [0.3, 0.4) is 0 Å². The van der Waals surface area contributed by atoms with Crippen LogP contribution in [0.15, 0.2) is 79.6 Å². The summed E-state index contributed by atoms with van der Waals surface area (Å²) in [7, 11) is 0. The predicted molar refractivity (Wildman–Crippen MR) is 107 cm³/mol. The largest absolute Gasteiger partial charge is 0.416 e. The van der Waals surface area contributed by atoms with E-state index in [1.54, 1.807) is 24.5 Å². The second kappa shape index (κ2) is 8.90. The molecule has 0 aliphatic heterocycles. The number of amides is 1. The highest BCUT2D eigenvalue weighted by Gasteiger charge is 2.30. The molecule has 3 nitrogen and oxygen atoms in total. The molecule has 30 heavy (non-hydrogen) atoms. The summed E-state index contributed by atoms with van der Waals surface area (Å²) in [5.74, 6) is -1.12. The van der Waals surface area contributed by atoms with Crippen LogP contribution in [0.5, 0.6) is 0 Å². The average molecular weight is 414 g/mol. The monoisotopic (exact) mass is 414 g/mol. The van der Waals surface area contributed by atoms with E-state index < -0.39 is 23.5 Å². The van der Waals surface area contributed by atoms with E-state index in [9.17, 15) is 22.4 Å². The smallest absolute Gasteiger partial charge is 0.306 e. The van der Waals surface area contributed by atoms with Crippen LogP contribution in [-0.2, 0) is 17.4 Å². The van der Waals surface area contributed by atoms with Gasteiger partial charge in [-0.2, -0.15) is 13.2 Å². The maximum absolute atomic E-state index is 14.9. The summed E-state index contributed by atoms with van der Waals surface area (Å²) in [4.78, 5) is 17.6. The van der Waals surface area contributed by atoms with Crippen molar-refractivity contribution in [3.8, 4) is 11.1 Å². The molecule has 0 aliphatic rings. The molecular formula is C23H18F4N2O. The number of carbonyl (C=O) groups is 1. The van der Waals surface area contributed by atoms with Crippen molar-refractivity contribution in [1.29, 1.82) is 0 Å². The van der Waals surface area contributed by atoms with E-state index in [-0.39, 0.29) is 12.2 Å². The fraction of sp³-hybridized carbons (Fsp3) is 0.130. The summed E-state index contributed by atoms with van der Waals surface area (Å²) in [5, 5.41) is 0. The molecule has 3 rings (SSSR count). The van der Waals surface area contributed by atoms with Crippen LogP contribution < -0.4 is 4.90 Å². The standard InChI is InChI=1S/C23H18F4N2O/c1-2-22(30)29(13-11-16-4-3-12-28-15-16)21-10-7-18(14-20(21)24)17-5-8-19(9-6-17)23(25,26)27/h2-10,12,14-15H,1,11,13H2. The Balaban J connectivity index is 1.85. The molecule has 0 N–H and O–H groups in total. The van der Waals surface area contributed by atoms with Gasteiger partial charge in [-0.25, -0.2) is 4.39 Å². The molecule has 0 saturated heterocycles. The molecule has 1 heterocycles. The number of aromatic nitrogens is 1. The topological polar surface area (TPSA) is 33.2 Å². The van der Waals surface area contributed by atoms with Crippen LogP contribution in [0.25, 0.3) is 11.1 Å². The van der Waals surface area contributed by atoms with Crippen LogP contribution in [0.2, 0.25) is 0 Å². The van der Waals surface area contributed by atoms with Gasteiger partial charge in [0, 0.05) is 18.9 Å². The van der Waals surface area contributed by atoms with E-state index in [0.29, 0.717) is 17.5 Å². The van der Waals surface area contributed by atoms with Crippen LogP contribution >= 0.6 is 0 Å². The van der Waals surface area contributed by atoms with Crippen molar-refractivity contribution in [2.24, 2.45) is 0 Å². The Labute approximate surface area is 171 Å². The molecule has 0 spiro atoms. The fourth-order valence-electron chi connectivity index (χ4n) is 3.00. The molecule has 0 atom stereocenters. The van der Waals surface area contributed by atoms with Gasteiger partial charge in [0.25, 0.3) is 0 Å². The summed E-state index contributed by atoms with van der Waals surface area (Å²) < 4.78 is 53.0. The van der Waals surface area contributed by atoms with Crippen LogP contribution in [0.4, 0.5) is 23.2 Å². The molecule has 3 aromatic rings. The van der Waals surface area contributed by atoms with Crippen molar-refractivity contribution < 1.29 is 22.4 Å². The van der Waals surface area contributed by atoms with Gasteiger partial charge < -0.3 is 4.90 Å². The van der Waals surface area contributed by atoms with Crippen molar-refractivity contribution in [2.45, 2.75) is 12.6 Å². The number of benzene rings is 2. The lowest BCUT2D eigenvalue weighted by Gasteiger charge is -2.22. The molecule has 7 heteroatoms. The maximum atomic E-state index is 14.9. The third-order valence-electron chi connectivity index (χ3n) is 4.57. The highest BCUT2D eigenvalue weighted by Crippen LogP contribution is 2.32. The third kappa shape index (κ3) is 4.92. The van der Waals surface area contributed by atoms with Crippen LogP contribution in [0, 0.1) is 5.82 Å². The third-order valence-corrected chi connectivity index (χ3v) is 4.57. The summed E-state index contributed by atoms with van der Waals surface area (Å²) in [5.41, 5.74) is 1.02. The van der Waals surface area contributed by atoms with Crippen molar-refractivity contribution in [3.05, 3.63) is 96.6 Å². The number of alkyl halides is 3. The fourth-order valence-corrected chi connectivity index (χ4v) is 3.00. The molecule has 154 valence electrons. The quantitative estimate of drug-likeness (QED) is 0.385. The van der Waals surface area contributed by atoms with E-state index in [1.165, 1.54) is 29.2 Å². The van der Waals surface area contributed by atoms with Crippen molar-refractivity contribution in [3.63, 3.8) is 0 Å². The molecule has 2 aromatic carbocycles. The SMILES string of the molecule is C=CC(=O)N(CCc1cccnc1)c1ccc(-c2ccc(C(F)(F)F)cc2)cc1F. The van der Waals surface area contributed by atoms with Crippen molar-refractivity contribution in [1.82, 2.24) is 4.98 Å². The Morgan fingerprint density at radius 1 is 1.07 bits per heavy atom. The molecule has 0 aliphatic carbocycles. The van der Waals surface area contributed by atoms with Gasteiger partial charge in [0.15, 0.2) is 0 Å². The average Bonchev–Trinajstić information content (AvgIpc) is 2.74. The number of pyridine rings is 1. The Kier molecular flexibility index (Phi) is 6.30. The Bertz CT molecular complexity index is 1030. The van der Waals surface area contributed by atoms with E-state index in [2.05, 4.69) is 11.6 Å². The van der Waals surface area contributed by atoms with Gasteiger partial charge in [0.05, 0.1) is 11.3 Å². The lowest BCUT2D eigenvalue weighted by atomic mass is 10.0. The zero-order chi connectivity index (χ0) is 21.7. The van der Waals surface area contributed by atoms with E-state index in [1.807, 2.05) is 6.07 Å². The molecule has 0 radical (unpaired) electrons.